The van der Waals surface area contributed by atoms with E-state index in [1.807, 2.05) is 6.20 Å². The van der Waals surface area contributed by atoms with Crippen LogP contribution in [0, 0.1) is 13.8 Å². The number of aryl methyl sites for hydroxylation is 1. The zero-order valence-electron chi connectivity index (χ0n) is 9.09. The first-order valence-corrected chi connectivity index (χ1v) is 5.00. The van der Waals surface area contributed by atoms with Crippen LogP contribution in [-0.2, 0) is 0 Å². The Morgan fingerprint density at radius 1 is 1.33 bits per heavy atom. The van der Waals surface area contributed by atoms with Crippen LogP contribution >= 0.6 is 0 Å². The molecule has 0 saturated carbocycles. The Hall–Kier alpha value is -1.83. The first-order valence-electron chi connectivity index (χ1n) is 5.00. The Morgan fingerprint density at radius 2 is 2.13 bits per heavy atom. The predicted octanol–water partition coefficient (Wildman–Crippen LogP) is 2.51. The van der Waals surface area contributed by atoms with Crippen molar-refractivity contribution in [3.8, 4) is 0 Å². The molecule has 0 aliphatic carbocycles. The maximum atomic E-state index is 4.12. The zero-order valence-corrected chi connectivity index (χ0v) is 9.09. The third-order valence-electron chi connectivity index (χ3n) is 2.79. The van der Waals surface area contributed by atoms with Gasteiger partial charge in [-0.15, -0.1) is 0 Å². The predicted molar refractivity (Wildman–Crippen MR) is 61.4 cm³/mol. The van der Waals surface area contributed by atoms with Crippen molar-refractivity contribution in [2.75, 3.05) is 0 Å². The largest absolute Gasteiger partial charge is 0.250 e. The number of hydrogen-bond donors (Lipinski definition) is 1. The molecule has 0 aliphatic heterocycles. The van der Waals surface area contributed by atoms with Crippen LogP contribution in [0.2, 0.25) is 0 Å². The molecular formula is C13H15N2+. The van der Waals surface area contributed by atoms with E-state index in [4.69, 9.17) is 0 Å². The van der Waals surface area contributed by atoms with Crippen molar-refractivity contribution in [2.24, 2.45) is 0 Å². The standard InChI is InChI=1S/C13H14N2/c1-9-5-4-6-12(10(9)2)11(3)13-7-14-8-15-13/h4-8H,3H2,1-2H3,(H,14,15)/p+1. The smallest absolute Gasteiger partial charge is 0.239 e. The quantitative estimate of drug-likeness (QED) is 0.770. The van der Waals surface area contributed by atoms with Gasteiger partial charge in [0, 0.05) is 5.57 Å². The van der Waals surface area contributed by atoms with Gasteiger partial charge in [-0.25, -0.2) is 9.97 Å². The molecule has 0 atom stereocenters. The maximum absolute atomic E-state index is 4.12. The summed E-state index contributed by atoms with van der Waals surface area (Å²) in [5.74, 6) is 0. The molecule has 0 radical (unpaired) electrons. The molecule has 0 bridgehead atoms. The minimum Gasteiger partial charge on any atom is -0.250 e. The van der Waals surface area contributed by atoms with Gasteiger partial charge in [0.15, 0.2) is 5.69 Å². The summed E-state index contributed by atoms with van der Waals surface area (Å²) >= 11 is 0. The van der Waals surface area contributed by atoms with E-state index in [1.165, 1.54) is 16.7 Å². The van der Waals surface area contributed by atoms with E-state index in [9.17, 15) is 0 Å². The lowest BCUT2D eigenvalue weighted by Gasteiger charge is -2.07. The number of benzene rings is 1. The summed E-state index contributed by atoms with van der Waals surface area (Å²) in [5.41, 5.74) is 5.84. The third kappa shape index (κ3) is 1.71. The van der Waals surface area contributed by atoms with Crippen LogP contribution in [0.1, 0.15) is 22.4 Å². The highest BCUT2D eigenvalue weighted by molar-refractivity contribution is 5.77. The molecule has 1 aromatic heterocycles. The Balaban J connectivity index is 2.47. The van der Waals surface area contributed by atoms with Crippen LogP contribution in [0.3, 0.4) is 0 Å². The fourth-order valence-corrected chi connectivity index (χ4v) is 1.68. The molecule has 0 fully saturated rings. The number of nitrogens with one attached hydrogen (secondary N) is 2. The van der Waals surface area contributed by atoms with Gasteiger partial charge in [0.1, 0.15) is 6.20 Å². The summed E-state index contributed by atoms with van der Waals surface area (Å²) in [6, 6.07) is 6.29. The molecule has 0 spiro atoms. The highest BCUT2D eigenvalue weighted by Gasteiger charge is 2.10. The monoisotopic (exact) mass is 199 g/mol. The van der Waals surface area contributed by atoms with Crippen LogP contribution in [0.4, 0.5) is 0 Å². The van der Waals surface area contributed by atoms with E-state index in [-0.39, 0.29) is 0 Å². The van der Waals surface area contributed by atoms with E-state index in [0.29, 0.717) is 0 Å². The van der Waals surface area contributed by atoms with Gasteiger partial charge >= 0.3 is 0 Å². The average molecular weight is 199 g/mol. The van der Waals surface area contributed by atoms with Gasteiger partial charge in [-0.1, -0.05) is 24.8 Å². The van der Waals surface area contributed by atoms with Crippen molar-refractivity contribution in [1.29, 1.82) is 0 Å². The lowest BCUT2D eigenvalue weighted by molar-refractivity contribution is -0.375. The van der Waals surface area contributed by atoms with Crippen LogP contribution in [0.5, 0.6) is 0 Å². The van der Waals surface area contributed by atoms with Gasteiger partial charge in [-0.2, -0.15) is 0 Å². The fraction of sp³-hybridized carbons (Fsp3) is 0.154. The molecule has 0 unspecified atom stereocenters. The van der Waals surface area contributed by atoms with Gasteiger partial charge < -0.3 is 0 Å². The Morgan fingerprint density at radius 3 is 2.80 bits per heavy atom. The number of rotatable bonds is 2. The minimum absolute atomic E-state index is 1.03. The van der Waals surface area contributed by atoms with E-state index in [0.717, 1.165) is 11.3 Å². The maximum Gasteiger partial charge on any atom is 0.239 e. The molecule has 2 rings (SSSR count). The normalized spacial score (nSPS) is 10.3. The fourth-order valence-electron chi connectivity index (χ4n) is 1.68. The molecule has 0 amide bonds. The number of hydrogen-bond acceptors (Lipinski definition) is 0. The summed E-state index contributed by atoms with van der Waals surface area (Å²) in [4.78, 5) is 6.13. The first kappa shape index (κ1) is 9.71. The van der Waals surface area contributed by atoms with E-state index < -0.39 is 0 Å². The highest BCUT2D eigenvalue weighted by Crippen LogP contribution is 2.23. The molecule has 2 nitrogen and oxygen atoms in total. The Labute approximate surface area is 89.7 Å². The molecule has 2 N–H and O–H groups in total. The van der Waals surface area contributed by atoms with Crippen LogP contribution in [-0.4, -0.2) is 4.98 Å². The number of aromatic nitrogens is 2. The molecule has 1 aromatic carbocycles. The second-order valence-electron chi connectivity index (χ2n) is 3.74. The number of aromatic amines is 2. The van der Waals surface area contributed by atoms with E-state index >= 15 is 0 Å². The zero-order chi connectivity index (χ0) is 10.8. The van der Waals surface area contributed by atoms with E-state index in [1.54, 1.807) is 6.33 Å². The van der Waals surface area contributed by atoms with Crippen LogP contribution in [0.25, 0.3) is 5.57 Å². The molecule has 76 valence electrons. The average Bonchev–Trinajstić information content (AvgIpc) is 2.74. The molecule has 2 heteroatoms. The summed E-state index contributed by atoms with van der Waals surface area (Å²) < 4.78 is 0. The molecule has 15 heavy (non-hydrogen) atoms. The van der Waals surface area contributed by atoms with Crippen LogP contribution in [0.15, 0.2) is 37.3 Å². The van der Waals surface area contributed by atoms with Gasteiger partial charge in [0.25, 0.3) is 0 Å². The summed E-state index contributed by atoms with van der Waals surface area (Å²) in [5, 5.41) is 0. The van der Waals surface area contributed by atoms with Gasteiger partial charge in [0.05, 0.1) is 0 Å². The lowest BCUT2D eigenvalue weighted by Crippen LogP contribution is -1.94. The van der Waals surface area contributed by atoms with Crippen molar-refractivity contribution < 1.29 is 4.98 Å². The van der Waals surface area contributed by atoms with Crippen molar-refractivity contribution in [3.05, 3.63) is 59.7 Å². The molecule has 0 aliphatic rings. The molecular weight excluding hydrogens is 184 g/mol. The topological polar surface area (TPSA) is 29.9 Å². The van der Waals surface area contributed by atoms with Crippen molar-refractivity contribution >= 4 is 5.57 Å². The van der Waals surface area contributed by atoms with Crippen molar-refractivity contribution in [2.45, 2.75) is 13.8 Å². The SMILES string of the molecule is C=C(c1c[nH+]c[nH]1)c1cccc(C)c1C. The molecule has 2 aromatic rings. The second-order valence-corrected chi connectivity index (χ2v) is 3.74. The third-order valence-corrected chi connectivity index (χ3v) is 2.79. The summed E-state index contributed by atoms with van der Waals surface area (Å²) in [7, 11) is 0. The number of imidazole rings is 1. The second kappa shape index (κ2) is 3.73. The molecule has 1 heterocycles. The van der Waals surface area contributed by atoms with Gasteiger partial charge in [-0.05, 0) is 30.5 Å². The van der Waals surface area contributed by atoms with Crippen molar-refractivity contribution in [1.82, 2.24) is 4.98 Å². The summed E-state index contributed by atoms with van der Waals surface area (Å²) in [6.45, 7) is 8.36. The van der Waals surface area contributed by atoms with Gasteiger partial charge in [-0.3, -0.25) is 0 Å². The molecule has 0 saturated heterocycles. The Kier molecular flexibility index (Phi) is 2.42. The summed E-state index contributed by atoms with van der Waals surface area (Å²) in [6.07, 6.45) is 3.72. The number of H-pyrrole nitrogens is 2. The van der Waals surface area contributed by atoms with Gasteiger partial charge in [0.2, 0.25) is 6.33 Å². The van der Waals surface area contributed by atoms with Crippen LogP contribution < -0.4 is 4.98 Å². The lowest BCUT2D eigenvalue weighted by atomic mass is 9.96. The van der Waals surface area contributed by atoms with E-state index in [2.05, 4.69) is 48.6 Å². The minimum atomic E-state index is 1.03. The Bertz CT molecular complexity index is 481. The first-order chi connectivity index (χ1) is 7.20. The van der Waals surface area contributed by atoms with Crippen molar-refractivity contribution in [3.63, 3.8) is 0 Å². The highest BCUT2D eigenvalue weighted by atomic mass is 14.9.